The molecule has 0 saturated heterocycles. The normalized spacial score (nSPS) is 14.8. The lowest BCUT2D eigenvalue weighted by molar-refractivity contribution is 0.686. The maximum atomic E-state index is 4.49. The summed E-state index contributed by atoms with van der Waals surface area (Å²) >= 11 is 0. The van der Waals surface area contributed by atoms with Crippen molar-refractivity contribution in [1.82, 2.24) is 14.8 Å². The van der Waals surface area contributed by atoms with Crippen molar-refractivity contribution >= 4 is 5.82 Å². The van der Waals surface area contributed by atoms with Crippen LogP contribution in [0.15, 0.2) is 36.8 Å². The quantitative estimate of drug-likeness (QED) is 0.852. The minimum Gasteiger partial charge on any atom is -0.368 e. The van der Waals surface area contributed by atoms with Gasteiger partial charge in [-0.3, -0.25) is 9.67 Å². The zero-order valence-corrected chi connectivity index (χ0v) is 9.71. The Labute approximate surface area is 101 Å². The Balaban J connectivity index is 1.59. The molecule has 1 fully saturated rings. The van der Waals surface area contributed by atoms with Gasteiger partial charge in [-0.1, -0.05) is 0 Å². The molecule has 0 atom stereocenters. The summed E-state index contributed by atoms with van der Waals surface area (Å²) in [4.78, 5) is 4.01. The lowest BCUT2D eigenvalue weighted by Gasteiger charge is -2.02. The summed E-state index contributed by atoms with van der Waals surface area (Å²) in [5, 5.41) is 7.86. The van der Waals surface area contributed by atoms with Gasteiger partial charge >= 0.3 is 0 Å². The van der Waals surface area contributed by atoms with E-state index < -0.39 is 0 Å². The van der Waals surface area contributed by atoms with Crippen LogP contribution < -0.4 is 5.32 Å². The maximum absolute atomic E-state index is 4.49. The Bertz CT molecular complexity index is 473. The molecule has 0 aromatic carbocycles. The topological polar surface area (TPSA) is 42.7 Å². The highest BCUT2D eigenvalue weighted by atomic mass is 15.3. The summed E-state index contributed by atoms with van der Waals surface area (Å²) < 4.78 is 1.95. The van der Waals surface area contributed by atoms with E-state index >= 15 is 0 Å². The fourth-order valence-electron chi connectivity index (χ4n) is 1.79. The standard InChI is InChI=1S/C13H16N4/c1-2-11(1)9-15-13-5-8-17(16-13)10-12-3-6-14-7-4-12/h3-8,11H,1-2,9-10H2,(H,15,16). The summed E-state index contributed by atoms with van der Waals surface area (Å²) in [5.74, 6) is 1.85. The Morgan fingerprint density at radius 1 is 1.24 bits per heavy atom. The van der Waals surface area contributed by atoms with Crippen LogP contribution in [0.5, 0.6) is 0 Å². The first kappa shape index (κ1) is 10.3. The van der Waals surface area contributed by atoms with Crippen LogP contribution in [0.2, 0.25) is 0 Å². The second-order valence-electron chi connectivity index (χ2n) is 4.58. The zero-order chi connectivity index (χ0) is 11.5. The molecule has 2 aromatic heterocycles. The minimum absolute atomic E-state index is 0.799. The summed E-state index contributed by atoms with van der Waals surface area (Å²) in [7, 11) is 0. The Morgan fingerprint density at radius 2 is 2.06 bits per heavy atom. The van der Waals surface area contributed by atoms with Crippen LogP contribution in [-0.4, -0.2) is 21.3 Å². The molecular weight excluding hydrogens is 212 g/mol. The first-order valence-electron chi connectivity index (χ1n) is 6.06. The van der Waals surface area contributed by atoms with Crippen LogP contribution in [0.4, 0.5) is 5.82 Å². The largest absolute Gasteiger partial charge is 0.368 e. The number of nitrogens with zero attached hydrogens (tertiary/aromatic N) is 3. The molecule has 1 aliphatic carbocycles. The predicted molar refractivity (Wildman–Crippen MR) is 66.8 cm³/mol. The van der Waals surface area contributed by atoms with Gasteiger partial charge in [0.1, 0.15) is 5.82 Å². The van der Waals surface area contributed by atoms with Crippen molar-refractivity contribution in [3.8, 4) is 0 Å². The van der Waals surface area contributed by atoms with Crippen LogP contribution in [0.1, 0.15) is 18.4 Å². The van der Waals surface area contributed by atoms with Crippen LogP contribution in [0.25, 0.3) is 0 Å². The van der Waals surface area contributed by atoms with Crippen LogP contribution in [0.3, 0.4) is 0 Å². The number of aromatic nitrogens is 3. The monoisotopic (exact) mass is 228 g/mol. The van der Waals surface area contributed by atoms with Gasteiger partial charge in [0.2, 0.25) is 0 Å². The first-order valence-corrected chi connectivity index (χ1v) is 6.06. The summed E-state index contributed by atoms with van der Waals surface area (Å²) in [6.45, 7) is 1.86. The molecule has 0 aliphatic heterocycles. The fourth-order valence-corrected chi connectivity index (χ4v) is 1.79. The molecule has 0 radical (unpaired) electrons. The molecule has 4 heteroatoms. The highest BCUT2D eigenvalue weighted by Gasteiger charge is 2.20. The van der Waals surface area contributed by atoms with E-state index in [0.717, 1.165) is 24.8 Å². The zero-order valence-electron chi connectivity index (χ0n) is 9.71. The Kier molecular flexibility index (Phi) is 2.78. The molecule has 1 saturated carbocycles. The number of nitrogens with one attached hydrogen (secondary N) is 1. The molecule has 4 nitrogen and oxygen atoms in total. The predicted octanol–water partition coefficient (Wildman–Crippen LogP) is 2.15. The second kappa shape index (κ2) is 4.57. The molecule has 3 rings (SSSR count). The smallest absolute Gasteiger partial charge is 0.148 e. The lowest BCUT2D eigenvalue weighted by Crippen LogP contribution is -2.05. The van der Waals surface area contributed by atoms with Crippen molar-refractivity contribution < 1.29 is 0 Å². The van der Waals surface area contributed by atoms with Crippen LogP contribution in [0, 0.1) is 5.92 Å². The van der Waals surface area contributed by atoms with E-state index in [-0.39, 0.29) is 0 Å². The average Bonchev–Trinajstić information content (AvgIpc) is 3.09. The maximum Gasteiger partial charge on any atom is 0.148 e. The van der Waals surface area contributed by atoms with Gasteiger partial charge in [0.15, 0.2) is 0 Å². The molecular formula is C13H16N4. The molecule has 2 heterocycles. The molecule has 1 N–H and O–H groups in total. The van der Waals surface area contributed by atoms with Crippen LogP contribution in [-0.2, 0) is 6.54 Å². The van der Waals surface area contributed by atoms with Gasteiger partial charge < -0.3 is 5.32 Å². The molecule has 0 spiro atoms. The Hall–Kier alpha value is -1.84. The van der Waals surface area contributed by atoms with Crippen molar-refractivity contribution in [2.45, 2.75) is 19.4 Å². The van der Waals surface area contributed by atoms with E-state index in [1.165, 1.54) is 18.4 Å². The number of rotatable bonds is 5. The first-order chi connectivity index (χ1) is 8.40. The third-order valence-corrected chi connectivity index (χ3v) is 3.00. The highest BCUT2D eigenvalue weighted by Crippen LogP contribution is 2.28. The second-order valence-corrected chi connectivity index (χ2v) is 4.58. The van der Waals surface area contributed by atoms with E-state index in [1.54, 1.807) is 0 Å². The number of hydrogen-bond donors (Lipinski definition) is 1. The fraction of sp³-hybridized carbons (Fsp3) is 0.385. The van der Waals surface area contributed by atoms with Gasteiger partial charge in [0, 0.05) is 31.2 Å². The SMILES string of the molecule is c1cc(Cn2ccc(NCC3CC3)n2)ccn1. The van der Waals surface area contributed by atoms with Crippen molar-refractivity contribution in [2.75, 3.05) is 11.9 Å². The highest BCUT2D eigenvalue weighted by molar-refractivity contribution is 5.32. The number of anilines is 1. The van der Waals surface area contributed by atoms with Gasteiger partial charge in [0.25, 0.3) is 0 Å². The van der Waals surface area contributed by atoms with E-state index in [0.29, 0.717) is 0 Å². The van der Waals surface area contributed by atoms with E-state index in [1.807, 2.05) is 41.5 Å². The van der Waals surface area contributed by atoms with Crippen molar-refractivity contribution in [3.05, 3.63) is 42.4 Å². The van der Waals surface area contributed by atoms with E-state index in [4.69, 9.17) is 0 Å². The van der Waals surface area contributed by atoms with E-state index in [2.05, 4.69) is 15.4 Å². The van der Waals surface area contributed by atoms with Crippen molar-refractivity contribution in [2.24, 2.45) is 5.92 Å². The number of pyridine rings is 1. The molecule has 0 unspecified atom stereocenters. The van der Waals surface area contributed by atoms with Gasteiger partial charge in [-0.2, -0.15) is 5.10 Å². The van der Waals surface area contributed by atoms with Gasteiger partial charge in [-0.15, -0.1) is 0 Å². The molecule has 0 bridgehead atoms. The Morgan fingerprint density at radius 3 is 2.82 bits per heavy atom. The summed E-state index contributed by atoms with van der Waals surface area (Å²) in [6.07, 6.45) is 8.36. The van der Waals surface area contributed by atoms with Crippen molar-refractivity contribution in [3.63, 3.8) is 0 Å². The third-order valence-electron chi connectivity index (χ3n) is 3.00. The minimum atomic E-state index is 0.799. The van der Waals surface area contributed by atoms with Gasteiger partial charge in [-0.25, -0.2) is 0 Å². The molecule has 1 aliphatic rings. The lowest BCUT2D eigenvalue weighted by atomic mass is 10.3. The molecule has 2 aromatic rings. The number of hydrogen-bond acceptors (Lipinski definition) is 3. The van der Waals surface area contributed by atoms with Gasteiger partial charge in [-0.05, 0) is 36.5 Å². The molecule has 17 heavy (non-hydrogen) atoms. The molecule has 0 amide bonds. The average molecular weight is 228 g/mol. The van der Waals surface area contributed by atoms with Crippen LogP contribution >= 0.6 is 0 Å². The summed E-state index contributed by atoms with van der Waals surface area (Å²) in [6, 6.07) is 6.06. The third kappa shape index (κ3) is 2.84. The van der Waals surface area contributed by atoms with Crippen molar-refractivity contribution in [1.29, 1.82) is 0 Å². The van der Waals surface area contributed by atoms with Gasteiger partial charge in [0.05, 0.1) is 6.54 Å². The van der Waals surface area contributed by atoms with E-state index in [9.17, 15) is 0 Å². The summed E-state index contributed by atoms with van der Waals surface area (Å²) in [5.41, 5.74) is 1.22. The molecule has 88 valence electrons.